The normalized spacial score (nSPS) is 10.6. The first-order valence-electron chi connectivity index (χ1n) is 3.77. The first kappa shape index (κ1) is 8.42. The molecule has 0 amide bonds. The molecule has 0 aliphatic rings. The fourth-order valence-electron chi connectivity index (χ4n) is 1.09. The van der Waals surface area contributed by atoms with E-state index < -0.39 is 5.97 Å². The van der Waals surface area contributed by atoms with Gasteiger partial charge in [0.05, 0.1) is 12.1 Å². The fourth-order valence-corrected chi connectivity index (χ4v) is 1.09. The quantitative estimate of drug-likeness (QED) is 0.665. The van der Waals surface area contributed by atoms with Crippen molar-refractivity contribution in [3.05, 3.63) is 18.1 Å². The molecule has 0 saturated heterocycles. The highest BCUT2D eigenvalue weighted by Gasteiger charge is 2.08. The van der Waals surface area contributed by atoms with Crippen LogP contribution in [0, 0.1) is 0 Å². The molecule has 0 aliphatic heterocycles. The Hall–Kier alpha value is -2.18. The zero-order valence-corrected chi connectivity index (χ0v) is 6.95. The Balaban J connectivity index is 2.53. The lowest BCUT2D eigenvalue weighted by molar-refractivity contribution is -0.136. The summed E-state index contributed by atoms with van der Waals surface area (Å²) in [5.41, 5.74) is 0.246. The van der Waals surface area contributed by atoms with Gasteiger partial charge in [-0.25, -0.2) is 4.98 Å². The van der Waals surface area contributed by atoms with Gasteiger partial charge in [0.1, 0.15) is 6.33 Å². The van der Waals surface area contributed by atoms with Crippen molar-refractivity contribution in [1.82, 2.24) is 19.6 Å². The molecule has 72 valence electrons. The molecule has 0 aliphatic carbocycles. The summed E-state index contributed by atoms with van der Waals surface area (Å²) in [6.45, 7) is 0. The van der Waals surface area contributed by atoms with Crippen LogP contribution in [0.3, 0.4) is 0 Å². The number of fused-ring (bicyclic) bond motifs is 1. The Morgan fingerprint density at radius 3 is 3.07 bits per heavy atom. The minimum absolute atomic E-state index is 0.177. The molecule has 2 N–H and O–H groups in total. The molecule has 0 fully saturated rings. The Labute approximate surface area is 77.7 Å². The first-order valence-corrected chi connectivity index (χ1v) is 3.77. The van der Waals surface area contributed by atoms with Crippen LogP contribution in [-0.2, 0) is 11.2 Å². The fraction of sp³-hybridized carbons (Fsp3) is 0.143. The molecule has 0 radical (unpaired) electrons. The van der Waals surface area contributed by atoms with Crippen LogP contribution in [0.25, 0.3) is 5.78 Å². The molecule has 0 aromatic carbocycles. The van der Waals surface area contributed by atoms with Gasteiger partial charge in [0.25, 0.3) is 5.78 Å². The molecular formula is C7H6N4O3. The molecule has 2 rings (SSSR count). The van der Waals surface area contributed by atoms with Crippen LogP contribution in [0.5, 0.6) is 5.88 Å². The predicted molar refractivity (Wildman–Crippen MR) is 43.8 cm³/mol. The van der Waals surface area contributed by atoms with Crippen molar-refractivity contribution in [3.8, 4) is 5.88 Å². The van der Waals surface area contributed by atoms with Gasteiger partial charge < -0.3 is 10.2 Å². The topological polar surface area (TPSA) is 101 Å². The Kier molecular flexibility index (Phi) is 1.77. The number of nitrogens with zero attached hydrogens (tertiary/aromatic N) is 4. The smallest absolute Gasteiger partial charge is 0.309 e. The van der Waals surface area contributed by atoms with E-state index in [0.29, 0.717) is 0 Å². The van der Waals surface area contributed by atoms with Crippen molar-refractivity contribution in [1.29, 1.82) is 0 Å². The zero-order chi connectivity index (χ0) is 10.1. The Bertz CT molecular complexity index is 493. The summed E-state index contributed by atoms with van der Waals surface area (Å²) >= 11 is 0. The monoisotopic (exact) mass is 194 g/mol. The summed E-state index contributed by atoms with van der Waals surface area (Å²) in [7, 11) is 0. The van der Waals surface area contributed by atoms with E-state index in [0.717, 1.165) is 4.52 Å². The van der Waals surface area contributed by atoms with E-state index in [-0.39, 0.29) is 23.8 Å². The number of rotatable bonds is 2. The van der Waals surface area contributed by atoms with Gasteiger partial charge in [-0.1, -0.05) is 0 Å². The lowest BCUT2D eigenvalue weighted by Gasteiger charge is -1.99. The number of carbonyl (C=O) groups is 1. The maximum absolute atomic E-state index is 10.4. The predicted octanol–water partition coefficient (Wildman–Crippen LogP) is -0.543. The molecule has 0 saturated carbocycles. The summed E-state index contributed by atoms with van der Waals surface area (Å²) in [5.74, 6) is -1.01. The maximum atomic E-state index is 10.4. The van der Waals surface area contributed by atoms with Crippen LogP contribution >= 0.6 is 0 Å². The van der Waals surface area contributed by atoms with Gasteiger partial charge in [-0.2, -0.15) is 14.6 Å². The molecule has 7 nitrogen and oxygen atoms in total. The number of hydrogen-bond acceptors (Lipinski definition) is 5. The number of aliphatic carboxylic acids is 1. The SMILES string of the molecule is O=C(O)Cc1cc(O)n2ncnc2n1. The van der Waals surface area contributed by atoms with E-state index >= 15 is 0 Å². The number of hydrogen-bond donors (Lipinski definition) is 2. The van der Waals surface area contributed by atoms with Crippen LogP contribution in [0.15, 0.2) is 12.4 Å². The third-order valence-corrected chi connectivity index (χ3v) is 1.62. The van der Waals surface area contributed by atoms with Gasteiger partial charge in [-0.05, 0) is 0 Å². The molecule has 2 aromatic rings. The highest BCUT2D eigenvalue weighted by atomic mass is 16.4. The lowest BCUT2D eigenvalue weighted by atomic mass is 10.3. The molecule has 2 aromatic heterocycles. The van der Waals surface area contributed by atoms with E-state index in [1.54, 1.807) is 0 Å². The van der Waals surface area contributed by atoms with Crippen molar-refractivity contribution < 1.29 is 15.0 Å². The highest BCUT2D eigenvalue weighted by Crippen LogP contribution is 2.11. The first-order chi connectivity index (χ1) is 6.66. The van der Waals surface area contributed by atoms with E-state index in [4.69, 9.17) is 5.11 Å². The molecule has 0 spiro atoms. The molecule has 0 unspecified atom stereocenters. The molecule has 2 heterocycles. The average Bonchev–Trinajstić information content (AvgIpc) is 2.50. The van der Waals surface area contributed by atoms with E-state index in [9.17, 15) is 9.90 Å². The molecular weight excluding hydrogens is 188 g/mol. The minimum Gasteiger partial charge on any atom is -0.493 e. The van der Waals surface area contributed by atoms with Gasteiger partial charge in [0.2, 0.25) is 5.88 Å². The van der Waals surface area contributed by atoms with Gasteiger partial charge in [-0.3, -0.25) is 4.79 Å². The van der Waals surface area contributed by atoms with Crippen LogP contribution in [0.2, 0.25) is 0 Å². The van der Waals surface area contributed by atoms with Crippen molar-refractivity contribution in [3.63, 3.8) is 0 Å². The average molecular weight is 194 g/mol. The van der Waals surface area contributed by atoms with Crippen LogP contribution in [-0.4, -0.2) is 35.8 Å². The van der Waals surface area contributed by atoms with Gasteiger partial charge in [0.15, 0.2) is 0 Å². The standard InChI is InChI=1S/C7H6N4O3/c12-5-1-4(2-6(13)14)10-7-8-3-9-11(5)7/h1,3,12H,2H2,(H,13,14). The number of aromatic nitrogens is 4. The number of aromatic hydroxyl groups is 1. The zero-order valence-electron chi connectivity index (χ0n) is 6.95. The summed E-state index contributed by atoms with van der Waals surface area (Å²) in [6.07, 6.45) is 0.976. The van der Waals surface area contributed by atoms with E-state index in [2.05, 4.69) is 15.1 Å². The number of carboxylic acids is 1. The third kappa shape index (κ3) is 1.35. The minimum atomic E-state index is -1.01. The van der Waals surface area contributed by atoms with Crippen molar-refractivity contribution >= 4 is 11.7 Å². The summed E-state index contributed by atoms with van der Waals surface area (Å²) < 4.78 is 1.12. The van der Waals surface area contributed by atoms with Crippen LogP contribution < -0.4 is 0 Å². The van der Waals surface area contributed by atoms with Gasteiger partial charge in [-0.15, -0.1) is 0 Å². The van der Waals surface area contributed by atoms with E-state index in [1.165, 1.54) is 12.4 Å². The van der Waals surface area contributed by atoms with Crippen molar-refractivity contribution in [2.24, 2.45) is 0 Å². The second kappa shape index (κ2) is 2.95. The van der Waals surface area contributed by atoms with Crippen molar-refractivity contribution in [2.75, 3.05) is 0 Å². The Morgan fingerprint density at radius 1 is 1.57 bits per heavy atom. The second-order valence-electron chi connectivity index (χ2n) is 2.65. The summed E-state index contributed by atoms with van der Waals surface area (Å²) in [6, 6.07) is 1.25. The highest BCUT2D eigenvalue weighted by molar-refractivity contribution is 5.69. The Morgan fingerprint density at radius 2 is 2.36 bits per heavy atom. The second-order valence-corrected chi connectivity index (χ2v) is 2.65. The van der Waals surface area contributed by atoms with Crippen molar-refractivity contribution in [2.45, 2.75) is 6.42 Å². The molecule has 14 heavy (non-hydrogen) atoms. The van der Waals surface area contributed by atoms with E-state index in [1.807, 2.05) is 0 Å². The van der Waals surface area contributed by atoms with Gasteiger partial charge in [0, 0.05) is 6.07 Å². The maximum Gasteiger partial charge on any atom is 0.309 e. The largest absolute Gasteiger partial charge is 0.493 e. The lowest BCUT2D eigenvalue weighted by Crippen LogP contribution is -2.04. The third-order valence-electron chi connectivity index (χ3n) is 1.62. The van der Waals surface area contributed by atoms with Crippen LogP contribution in [0.1, 0.15) is 5.69 Å². The molecule has 7 heteroatoms. The summed E-state index contributed by atoms with van der Waals surface area (Å²) in [4.78, 5) is 18.0. The molecule has 0 bridgehead atoms. The number of carboxylic acid groups (broad SMARTS) is 1. The summed E-state index contributed by atoms with van der Waals surface area (Å²) in [5, 5.41) is 21.6. The molecule has 0 atom stereocenters. The van der Waals surface area contributed by atoms with Gasteiger partial charge >= 0.3 is 5.97 Å². The van der Waals surface area contributed by atoms with Crippen LogP contribution in [0.4, 0.5) is 0 Å².